The van der Waals surface area contributed by atoms with Crippen molar-refractivity contribution in [2.24, 2.45) is 0 Å². The average molecular weight is 483 g/mol. The van der Waals surface area contributed by atoms with Crippen molar-refractivity contribution < 1.29 is 18.3 Å². The van der Waals surface area contributed by atoms with Crippen molar-refractivity contribution in [3.05, 3.63) is 106 Å². The molecule has 186 valence electrons. The van der Waals surface area contributed by atoms with E-state index in [1.165, 1.54) is 24.0 Å². The lowest BCUT2D eigenvalue weighted by Crippen LogP contribution is -2.41. The van der Waals surface area contributed by atoms with Crippen LogP contribution in [0, 0.1) is 0 Å². The molecule has 0 fully saturated rings. The first-order chi connectivity index (χ1) is 16.8. The zero-order chi connectivity index (χ0) is 24.8. The van der Waals surface area contributed by atoms with Gasteiger partial charge >= 0.3 is 6.18 Å². The summed E-state index contributed by atoms with van der Waals surface area (Å²) < 4.78 is 38.9. The lowest BCUT2D eigenvalue weighted by Gasteiger charge is -2.31. The summed E-state index contributed by atoms with van der Waals surface area (Å²) in [5.41, 5.74) is 5.10. The zero-order valence-corrected chi connectivity index (χ0v) is 20.0. The molecule has 0 amide bonds. The van der Waals surface area contributed by atoms with Crippen LogP contribution in [0.4, 0.5) is 13.2 Å². The molecule has 1 aliphatic carbocycles. The maximum absolute atomic E-state index is 13.0. The number of rotatable bonds is 9. The first-order valence-corrected chi connectivity index (χ1v) is 12.3. The molecule has 35 heavy (non-hydrogen) atoms. The van der Waals surface area contributed by atoms with Gasteiger partial charge in [-0.05, 0) is 85.5 Å². The second-order valence-electron chi connectivity index (χ2n) is 9.31. The summed E-state index contributed by atoms with van der Waals surface area (Å²) in [5, 5.41) is 17.4. The highest BCUT2D eigenvalue weighted by Crippen LogP contribution is 2.31. The van der Waals surface area contributed by atoms with Crippen molar-refractivity contribution in [3.8, 4) is 0 Å². The normalized spacial score (nSPS) is 16.4. The highest BCUT2D eigenvalue weighted by atomic mass is 19.4. The van der Waals surface area contributed by atoms with Crippen molar-refractivity contribution >= 4 is 0 Å². The Morgan fingerprint density at radius 3 is 2.20 bits per heavy atom. The number of fused-ring (bicyclic) bond motifs is 1. The van der Waals surface area contributed by atoms with Gasteiger partial charge in [0.15, 0.2) is 0 Å². The second kappa shape index (κ2) is 11.4. The van der Waals surface area contributed by atoms with Crippen LogP contribution in [0.2, 0.25) is 0 Å². The lowest BCUT2D eigenvalue weighted by atomic mass is 9.87. The summed E-state index contributed by atoms with van der Waals surface area (Å²) in [6.07, 6.45) is 0.729. The van der Waals surface area contributed by atoms with Crippen LogP contribution in [-0.2, 0) is 25.4 Å². The fourth-order valence-electron chi connectivity index (χ4n) is 4.90. The van der Waals surface area contributed by atoms with E-state index in [0.29, 0.717) is 12.8 Å². The van der Waals surface area contributed by atoms with Gasteiger partial charge in [0.1, 0.15) is 6.23 Å². The molecular weight excluding hydrogens is 449 g/mol. The van der Waals surface area contributed by atoms with E-state index in [9.17, 15) is 18.3 Å². The Bertz CT molecular complexity index is 1080. The van der Waals surface area contributed by atoms with Crippen LogP contribution in [0.5, 0.6) is 0 Å². The van der Waals surface area contributed by atoms with Crippen LogP contribution >= 0.6 is 0 Å². The van der Waals surface area contributed by atoms with Crippen molar-refractivity contribution in [3.63, 3.8) is 0 Å². The zero-order valence-electron chi connectivity index (χ0n) is 20.0. The summed E-state index contributed by atoms with van der Waals surface area (Å²) in [4.78, 5) is 0. The van der Waals surface area contributed by atoms with Gasteiger partial charge in [-0.3, -0.25) is 10.6 Å². The van der Waals surface area contributed by atoms with Crippen molar-refractivity contribution in [1.82, 2.24) is 10.6 Å². The number of aryl methyl sites for hydroxylation is 3. The van der Waals surface area contributed by atoms with Crippen LogP contribution in [-0.4, -0.2) is 18.4 Å². The van der Waals surface area contributed by atoms with E-state index >= 15 is 0 Å². The molecule has 3 nitrogen and oxygen atoms in total. The number of benzene rings is 3. The lowest BCUT2D eigenvalue weighted by molar-refractivity contribution is -0.137. The summed E-state index contributed by atoms with van der Waals surface area (Å²) >= 11 is 0. The topological polar surface area (TPSA) is 44.3 Å². The molecule has 3 N–H and O–H groups in total. The summed E-state index contributed by atoms with van der Waals surface area (Å²) in [7, 11) is 1.72. The molecule has 3 atom stereocenters. The van der Waals surface area contributed by atoms with Gasteiger partial charge in [-0.2, -0.15) is 13.2 Å². The summed E-state index contributed by atoms with van der Waals surface area (Å²) in [6.45, 7) is 0. The fourth-order valence-corrected chi connectivity index (χ4v) is 4.90. The highest BCUT2D eigenvalue weighted by molar-refractivity contribution is 5.36. The molecule has 0 aliphatic heterocycles. The minimum absolute atomic E-state index is 0.0854. The molecule has 1 unspecified atom stereocenters. The van der Waals surface area contributed by atoms with Crippen LogP contribution in [0.15, 0.2) is 72.8 Å². The van der Waals surface area contributed by atoms with Gasteiger partial charge in [0, 0.05) is 6.04 Å². The molecule has 1 aliphatic rings. The summed E-state index contributed by atoms with van der Waals surface area (Å²) in [6, 6.07) is 21.4. The molecular formula is C29H33F3N2O. The molecule has 0 saturated heterocycles. The number of nitrogens with one attached hydrogen (secondary N) is 2. The molecule has 0 bridgehead atoms. The third-order valence-electron chi connectivity index (χ3n) is 6.93. The van der Waals surface area contributed by atoms with Crippen LogP contribution in [0.3, 0.4) is 0 Å². The van der Waals surface area contributed by atoms with Gasteiger partial charge in [-0.1, -0.05) is 60.7 Å². The first kappa shape index (κ1) is 25.4. The monoisotopic (exact) mass is 482 g/mol. The smallest absolute Gasteiger partial charge is 0.377 e. The van der Waals surface area contributed by atoms with E-state index in [0.717, 1.165) is 41.7 Å². The van der Waals surface area contributed by atoms with Gasteiger partial charge in [0.25, 0.3) is 0 Å². The highest BCUT2D eigenvalue weighted by Gasteiger charge is 2.30. The minimum atomic E-state index is -4.34. The SMILES string of the molecule is CNC(O)[C@H](N[C@H](CCc1ccc(C(F)(F)F)cc1)c1ccc2c(c1)CCCC2)c1ccccc1. The third kappa shape index (κ3) is 6.51. The van der Waals surface area contributed by atoms with E-state index in [1.807, 2.05) is 30.3 Å². The van der Waals surface area contributed by atoms with Crippen molar-refractivity contribution in [2.45, 2.75) is 63.0 Å². The second-order valence-corrected chi connectivity index (χ2v) is 9.31. The average Bonchev–Trinajstić information content (AvgIpc) is 2.88. The quantitative estimate of drug-likeness (QED) is 0.322. The molecule has 0 saturated carbocycles. The van der Waals surface area contributed by atoms with E-state index in [4.69, 9.17) is 0 Å². The molecule has 3 aromatic rings. The number of hydrogen-bond acceptors (Lipinski definition) is 3. The predicted molar refractivity (Wildman–Crippen MR) is 133 cm³/mol. The third-order valence-corrected chi connectivity index (χ3v) is 6.93. The molecule has 0 spiro atoms. The Morgan fingerprint density at radius 2 is 1.54 bits per heavy atom. The van der Waals surface area contributed by atoms with E-state index in [2.05, 4.69) is 28.8 Å². The summed E-state index contributed by atoms with van der Waals surface area (Å²) in [5.74, 6) is 0. The van der Waals surface area contributed by atoms with Crippen molar-refractivity contribution in [2.75, 3.05) is 7.05 Å². The molecule has 6 heteroatoms. The Kier molecular flexibility index (Phi) is 8.26. The number of aliphatic hydroxyl groups is 1. The van der Waals surface area contributed by atoms with Gasteiger partial charge in [-0.15, -0.1) is 0 Å². The molecule has 0 aromatic heterocycles. The molecule has 3 aromatic carbocycles. The first-order valence-electron chi connectivity index (χ1n) is 12.3. The Labute approximate surface area is 205 Å². The Balaban J connectivity index is 1.60. The molecule has 4 rings (SSSR count). The van der Waals surface area contributed by atoms with Gasteiger partial charge in [0.2, 0.25) is 0 Å². The van der Waals surface area contributed by atoms with E-state index in [-0.39, 0.29) is 12.1 Å². The predicted octanol–water partition coefficient (Wildman–Crippen LogP) is 6.13. The van der Waals surface area contributed by atoms with Crippen molar-refractivity contribution in [1.29, 1.82) is 0 Å². The van der Waals surface area contributed by atoms with Crippen LogP contribution in [0.25, 0.3) is 0 Å². The number of likely N-dealkylation sites (N-methyl/N-ethyl adjacent to an activating group) is 1. The van der Waals surface area contributed by atoms with Crippen LogP contribution in [0.1, 0.15) is 64.7 Å². The minimum Gasteiger partial charge on any atom is -0.377 e. The number of halogens is 3. The van der Waals surface area contributed by atoms with Gasteiger partial charge in [-0.25, -0.2) is 0 Å². The number of hydrogen-bond donors (Lipinski definition) is 3. The van der Waals surface area contributed by atoms with E-state index < -0.39 is 18.0 Å². The van der Waals surface area contributed by atoms with Gasteiger partial charge < -0.3 is 5.11 Å². The fraction of sp³-hybridized carbons (Fsp3) is 0.379. The van der Waals surface area contributed by atoms with Gasteiger partial charge in [0.05, 0.1) is 11.6 Å². The van der Waals surface area contributed by atoms with Crippen LogP contribution < -0.4 is 10.6 Å². The molecule has 0 radical (unpaired) electrons. The van der Waals surface area contributed by atoms with E-state index in [1.54, 1.807) is 19.2 Å². The molecule has 0 heterocycles. The largest absolute Gasteiger partial charge is 0.416 e. The Morgan fingerprint density at radius 1 is 0.857 bits per heavy atom. The Hall–Kier alpha value is -2.67. The maximum Gasteiger partial charge on any atom is 0.416 e. The maximum atomic E-state index is 13.0. The number of alkyl halides is 3. The standard InChI is InChI=1S/C29H33F3N2O/c1-33-28(35)27(22-8-3-2-4-9-22)34-26(24-15-14-21-7-5-6-10-23(21)19-24)18-13-20-11-16-25(17-12-20)29(30,31)32/h2-4,8-9,11-12,14-17,19,26-28,33-35H,5-7,10,13,18H2,1H3/t26-,27-,28?/m1/s1. The number of aliphatic hydroxyl groups excluding tert-OH is 1.